The summed E-state index contributed by atoms with van der Waals surface area (Å²) >= 11 is 0. The number of carbonyl (C=O) groups is 1. The topological polar surface area (TPSA) is 207 Å². The zero-order valence-corrected chi connectivity index (χ0v) is 22.3. The maximum absolute atomic E-state index is 11.9. The van der Waals surface area contributed by atoms with E-state index in [4.69, 9.17) is 24.4 Å². The van der Waals surface area contributed by atoms with Crippen molar-refractivity contribution in [1.29, 1.82) is 0 Å². The number of nitrogens with zero attached hydrogens (tertiary/aromatic N) is 1. The highest BCUT2D eigenvalue weighted by Crippen LogP contribution is 2.32. The highest BCUT2D eigenvalue weighted by molar-refractivity contribution is 5.76. The number of benzene rings is 1. The molecule has 0 radical (unpaired) electrons. The smallest absolute Gasteiger partial charge is 0.238 e. The first-order chi connectivity index (χ1) is 18.6. The van der Waals surface area contributed by atoms with Crippen LogP contribution in [0.4, 0.5) is 0 Å². The summed E-state index contributed by atoms with van der Waals surface area (Å²) in [5.41, 5.74) is 3.38. The summed E-state index contributed by atoms with van der Waals surface area (Å²) in [6.07, 6.45) is -6.62. The SMILES string of the molecule is Cc1cc(OCCC(=O)NC(CO)CO)ccc1Cc1c(OC2O[C@H](CO)[C@@H](O)[C@H](O)[C@H]2O)n[nH]c1C(C)C. The molecule has 0 bridgehead atoms. The van der Waals surface area contributed by atoms with E-state index >= 15 is 0 Å². The Morgan fingerprint density at radius 3 is 2.46 bits per heavy atom. The van der Waals surface area contributed by atoms with E-state index in [0.29, 0.717) is 12.2 Å². The lowest BCUT2D eigenvalue weighted by Crippen LogP contribution is -2.60. The molecule has 13 nitrogen and oxygen atoms in total. The molecule has 1 aliphatic rings. The minimum Gasteiger partial charge on any atom is -0.493 e. The van der Waals surface area contributed by atoms with E-state index in [1.165, 1.54) is 0 Å². The maximum Gasteiger partial charge on any atom is 0.238 e. The van der Waals surface area contributed by atoms with Gasteiger partial charge in [-0.15, -0.1) is 5.10 Å². The second-order valence-corrected chi connectivity index (χ2v) is 9.88. The van der Waals surface area contributed by atoms with Gasteiger partial charge in [0.2, 0.25) is 18.1 Å². The van der Waals surface area contributed by atoms with Gasteiger partial charge in [0, 0.05) is 17.7 Å². The summed E-state index contributed by atoms with van der Waals surface area (Å²) in [5.74, 6) is 0.450. The molecule has 8 N–H and O–H groups in total. The monoisotopic (exact) mass is 553 g/mol. The first-order valence-electron chi connectivity index (χ1n) is 12.9. The molecule has 1 saturated heterocycles. The standard InChI is InChI=1S/C26H39N3O10/c1-13(2)21-18(25(29-28-21)39-26-24(36)23(35)22(34)19(12-32)38-26)9-15-4-5-17(8-14(15)3)37-7-6-20(33)27-16(10-30)11-31/h4-5,8,13,16,19,22-24,26,30-32,34-36H,6-7,9-12H2,1-3H3,(H,27,33)(H,28,29)/t19-,22-,23+,24-,26?/m1/s1. The van der Waals surface area contributed by atoms with Crippen LogP contribution < -0.4 is 14.8 Å². The summed E-state index contributed by atoms with van der Waals surface area (Å²) in [6.45, 7) is 4.72. The van der Waals surface area contributed by atoms with Gasteiger partial charge in [-0.1, -0.05) is 19.9 Å². The van der Waals surface area contributed by atoms with Gasteiger partial charge < -0.3 is 50.2 Å². The third-order valence-electron chi connectivity index (χ3n) is 6.60. The number of ether oxygens (including phenoxy) is 3. The Hall–Kier alpha value is -2.78. The molecule has 2 aromatic rings. The van der Waals surface area contributed by atoms with Crippen LogP contribution in [-0.4, -0.2) is 110 Å². The fourth-order valence-corrected chi connectivity index (χ4v) is 4.24. The van der Waals surface area contributed by atoms with Crippen molar-refractivity contribution in [3.05, 3.63) is 40.6 Å². The number of hydrogen-bond donors (Lipinski definition) is 8. The van der Waals surface area contributed by atoms with Gasteiger partial charge in [0.1, 0.15) is 30.2 Å². The van der Waals surface area contributed by atoms with Crippen molar-refractivity contribution >= 4 is 5.91 Å². The molecule has 1 aliphatic heterocycles. The zero-order valence-electron chi connectivity index (χ0n) is 22.3. The Labute approximate surface area is 226 Å². The molecule has 0 aliphatic carbocycles. The van der Waals surface area contributed by atoms with E-state index in [1.807, 2.05) is 32.9 Å². The van der Waals surface area contributed by atoms with Crippen LogP contribution in [0, 0.1) is 6.92 Å². The Kier molecular flexibility index (Phi) is 11.1. The fraction of sp³-hybridized carbons (Fsp3) is 0.615. The summed E-state index contributed by atoms with van der Waals surface area (Å²) in [7, 11) is 0. The third kappa shape index (κ3) is 7.66. The van der Waals surface area contributed by atoms with Crippen LogP contribution in [0.15, 0.2) is 18.2 Å². The van der Waals surface area contributed by atoms with Crippen LogP contribution in [0.1, 0.15) is 48.6 Å². The predicted molar refractivity (Wildman–Crippen MR) is 137 cm³/mol. The van der Waals surface area contributed by atoms with Gasteiger partial charge in [0.15, 0.2) is 0 Å². The summed E-state index contributed by atoms with van der Waals surface area (Å²) < 4.78 is 17.0. The molecule has 1 unspecified atom stereocenters. The minimum atomic E-state index is -1.57. The molecule has 5 atom stereocenters. The zero-order chi connectivity index (χ0) is 28.7. The normalized spacial score (nSPS) is 23.3. The van der Waals surface area contributed by atoms with E-state index in [9.17, 15) is 25.2 Å². The van der Waals surface area contributed by atoms with Crippen LogP contribution in [0.25, 0.3) is 0 Å². The quantitative estimate of drug-likeness (QED) is 0.149. The number of nitrogens with one attached hydrogen (secondary N) is 2. The highest BCUT2D eigenvalue weighted by Gasteiger charge is 2.45. The lowest BCUT2D eigenvalue weighted by molar-refractivity contribution is -0.278. The number of aliphatic hydroxyl groups excluding tert-OH is 6. The van der Waals surface area contributed by atoms with Gasteiger partial charge in [-0.25, -0.2) is 0 Å². The maximum atomic E-state index is 11.9. The number of carbonyl (C=O) groups excluding carboxylic acids is 1. The fourth-order valence-electron chi connectivity index (χ4n) is 4.24. The van der Waals surface area contributed by atoms with E-state index in [0.717, 1.165) is 22.4 Å². The Balaban J connectivity index is 1.70. The van der Waals surface area contributed by atoms with Crippen molar-refractivity contribution in [2.75, 3.05) is 26.4 Å². The van der Waals surface area contributed by atoms with E-state index in [2.05, 4.69) is 15.5 Å². The molecule has 3 rings (SSSR count). The minimum absolute atomic E-state index is 0.0583. The predicted octanol–water partition coefficient (Wildman–Crippen LogP) is -1.15. The molecule has 1 amide bonds. The van der Waals surface area contributed by atoms with Gasteiger partial charge in [-0.3, -0.25) is 9.89 Å². The highest BCUT2D eigenvalue weighted by atomic mass is 16.7. The average molecular weight is 554 g/mol. The van der Waals surface area contributed by atoms with Gasteiger partial charge in [0.25, 0.3) is 0 Å². The number of aryl methyl sites for hydroxylation is 1. The van der Waals surface area contributed by atoms with Crippen LogP contribution in [-0.2, 0) is 16.0 Å². The van der Waals surface area contributed by atoms with Gasteiger partial charge in [-0.2, -0.15) is 0 Å². The van der Waals surface area contributed by atoms with Crippen LogP contribution in [0.3, 0.4) is 0 Å². The molecular formula is C26H39N3O10. The first-order valence-corrected chi connectivity index (χ1v) is 12.9. The van der Waals surface area contributed by atoms with Crippen molar-refractivity contribution in [3.63, 3.8) is 0 Å². The number of amides is 1. The second-order valence-electron chi connectivity index (χ2n) is 9.88. The largest absolute Gasteiger partial charge is 0.493 e. The number of aromatic amines is 1. The number of H-pyrrole nitrogens is 1. The second kappa shape index (κ2) is 14.0. The molecule has 39 heavy (non-hydrogen) atoms. The number of rotatable bonds is 13. The van der Waals surface area contributed by atoms with Crippen molar-refractivity contribution < 1.29 is 49.6 Å². The van der Waals surface area contributed by atoms with Crippen molar-refractivity contribution in [1.82, 2.24) is 15.5 Å². The molecule has 0 spiro atoms. The van der Waals surface area contributed by atoms with Crippen molar-refractivity contribution in [2.24, 2.45) is 0 Å². The molecule has 0 saturated carbocycles. The Bertz CT molecular complexity index is 1070. The lowest BCUT2D eigenvalue weighted by Gasteiger charge is -2.39. The van der Waals surface area contributed by atoms with E-state index in [-0.39, 0.29) is 43.9 Å². The molecule has 2 heterocycles. The molecule has 1 fully saturated rings. The summed E-state index contributed by atoms with van der Waals surface area (Å²) in [4.78, 5) is 11.9. The van der Waals surface area contributed by atoms with Crippen LogP contribution >= 0.6 is 0 Å². The Morgan fingerprint density at radius 1 is 1.13 bits per heavy atom. The summed E-state index contributed by atoms with van der Waals surface area (Å²) in [5, 5.41) is 67.8. The first kappa shape index (κ1) is 30.8. The van der Waals surface area contributed by atoms with E-state index < -0.39 is 43.4 Å². The van der Waals surface area contributed by atoms with Gasteiger partial charge in [-0.05, 0) is 36.1 Å². The van der Waals surface area contributed by atoms with E-state index in [1.54, 1.807) is 6.07 Å². The average Bonchev–Trinajstić information content (AvgIpc) is 3.31. The molecule has 218 valence electrons. The molecule has 1 aromatic heterocycles. The van der Waals surface area contributed by atoms with Crippen LogP contribution in [0.2, 0.25) is 0 Å². The number of hydrogen-bond acceptors (Lipinski definition) is 11. The third-order valence-corrected chi connectivity index (χ3v) is 6.60. The van der Waals surface area contributed by atoms with Crippen molar-refractivity contribution in [2.45, 2.75) is 76.3 Å². The summed E-state index contributed by atoms with van der Waals surface area (Å²) in [6, 6.07) is 4.79. The van der Waals surface area contributed by atoms with Crippen molar-refractivity contribution in [3.8, 4) is 11.6 Å². The Morgan fingerprint density at radius 2 is 1.85 bits per heavy atom. The molecule has 1 aromatic carbocycles. The molecular weight excluding hydrogens is 514 g/mol. The lowest BCUT2D eigenvalue weighted by atomic mass is 9.96. The van der Waals surface area contributed by atoms with Crippen LogP contribution in [0.5, 0.6) is 11.6 Å². The molecule has 13 heteroatoms. The van der Waals surface area contributed by atoms with Gasteiger partial charge in [0.05, 0.1) is 38.9 Å². The number of aliphatic hydroxyl groups is 6. The van der Waals surface area contributed by atoms with Gasteiger partial charge >= 0.3 is 0 Å². The number of aromatic nitrogens is 2.